The Morgan fingerprint density at radius 1 is 1.56 bits per heavy atom. The molecule has 2 heteroatoms. The first kappa shape index (κ1) is 6.75. The summed E-state index contributed by atoms with van der Waals surface area (Å²) in [6, 6.07) is 0. The van der Waals surface area contributed by atoms with E-state index in [1.54, 1.807) is 6.92 Å². The van der Waals surface area contributed by atoms with Gasteiger partial charge in [0.05, 0.1) is 6.10 Å². The number of carbonyl (C=O) groups excluding carboxylic acids is 1. The highest BCUT2D eigenvalue weighted by atomic mass is 16.3. The Balaban J connectivity index is 2.39. The summed E-state index contributed by atoms with van der Waals surface area (Å²) in [5, 5.41) is 9.00. The van der Waals surface area contributed by atoms with Crippen molar-refractivity contribution in [2.45, 2.75) is 32.3 Å². The largest absolute Gasteiger partial charge is 0.393 e. The van der Waals surface area contributed by atoms with Crippen molar-refractivity contribution in [1.82, 2.24) is 0 Å². The molecule has 0 spiro atoms. The summed E-state index contributed by atoms with van der Waals surface area (Å²) >= 11 is 0. The second kappa shape index (κ2) is 2.48. The first-order chi connectivity index (χ1) is 4.20. The summed E-state index contributed by atoms with van der Waals surface area (Å²) in [6.45, 7) is 1.60. The van der Waals surface area contributed by atoms with Gasteiger partial charge in [0.1, 0.15) is 5.78 Å². The lowest BCUT2D eigenvalue weighted by molar-refractivity contribution is -0.120. The molecule has 0 aliphatic heterocycles. The number of aliphatic hydroxyl groups is 1. The predicted octanol–water partition coefficient (Wildman–Crippen LogP) is 0.736. The molecule has 2 nitrogen and oxygen atoms in total. The van der Waals surface area contributed by atoms with E-state index >= 15 is 0 Å². The third-order valence-corrected chi connectivity index (χ3v) is 1.98. The van der Waals surface area contributed by atoms with Gasteiger partial charge in [0.15, 0.2) is 0 Å². The Kier molecular flexibility index (Phi) is 1.86. The van der Waals surface area contributed by atoms with Crippen molar-refractivity contribution < 1.29 is 9.90 Å². The molecular weight excluding hydrogens is 116 g/mol. The van der Waals surface area contributed by atoms with Gasteiger partial charge in [-0.05, 0) is 26.2 Å². The molecule has 0 heterocycles. The van der Waals surface area contributed by atoms with E-state index in [2.05, 4.69) is 0 Å². The average Bonchev–Trinajstić information content (AvgIpc) is 2.14. The maximum absolute atomic E-state index is 10.7. The number of aliphatic hydroxyl groups excluding tert-OH is 1. The fourth-order valence-corrected chi connectivity index (χ4v) is 1.33. The van der Waals surface area contributed by atoms with Gasteiger partial charge >= 0.3 is 0 Å². The zero-order valence-corrected chi connectivity index (χ0v) is 5.63. The summed E-state index contributed by atoms with van der Waals surface area (Å²) in [5.74, 6) is 0.381. The number of carbonyl (C=O) groups is 1. The lowest BCUT2D eigenvalue weighted by Gasteiger charge is -2.01. The normalized spacial score (nSPS) is 34.9. The van der Waals surface area contributed by atoms with Gasteiger partial charge in [-0.3, -0.25) is 4.79 Å². The summed E-state index contributed by atoms with van der Waals surface area (Å²) in [5.41, 5.74) is 0. The van der Waals surface area contributed by atoms with E-state index in [1.165, 1.54) is 0 Å². The summed E-state index contributed by atoms with van der Waals surface area (Å²) in [6.07, 6.45) is 2.18. The minimum absolute atomic E-state index is 0.153. The van der Waals surface area contributed by atoms with Crippen LogP contribution in [0.3, 0.4) is 0 Å². The molecule has 0 amide bonds. The van der Waals surface area contributed by atoms with E-state index in [0.717, 1.165) is 12.8 Å². The molecule has 0 aromatic heterocycles. The zero-order chi connectivity index (χ0) is 6.85. The number of hydrogen-bond acceptors (Lipinski definition) is 2. The third-order valence-electron chi connectivity index (χ3n) is 1.98. The molecule has 1 aliphatic rings. The molecule has 2 atom stereocenters. The van der Waals surface area contributed by atoms with Crippen LogP contribution in [0.4, 0.5) is 0 Å². The van der Waals surface area contributed by atoms with E-state index < -0.39 is 0 Å². The maximum atomic E-state index is 10.7. The van der Waals surface area contributed by atoms with Crippen molar-refractivity contribution in [3.63, 3.8) is 0 Å². The highest BCUT2D eigenvalue weighted by Crippen LogP contribution is 2.25. The van der Waals surface area contributed by atoms with Crippen LogP contribution in [-0.2, 0) is 4.79 Å². The Morgan fingerprint density at radius 2 is 2.22 bits per heavy atom. The molecule has 0 saturated heterocycles. The fraction of sp³-hybridized carbons (Fsp3) is 0.857. The van der Waals surface area contributed by atoms with Gasteiger partial charge in [-0.2, -0.15) is 0 Å². The lowest BCUT2D eigenvalue weighted by Crippen LogP contribution is -2.07. The second-order valence-corrected chi connectivity index (χ2v) is 2.77. The van der Waals surface area contributed by atoms with Gasteiger partial charge in [-0.1, -0.05) is 0 Å². The van der Waals surface area contributed by atoms with Crippen LogP contribution in [0.5, 0.6) is 0 Å². The van der Waals surface area contributed by atoms with Gasteiger partial charge in [0.25, 0.3) is 0 Å². The molecular formula is C7H12O2. The van der Waals surface area contributed by atoms with Crippen LogP contribution in [0.25, 0.3) is 0 Å². The molecule has 0 bridgehead atoms. The van der Waals surface area contributed by atoms with E-state index in [4.69, 9.17) is 5.11 Å². The standard InChI is InChI=1S/C7H12O2/c1-5(8)6-2-3-7(9)4-6/h6-7,9H,2-4H2,1H3/t6?,7-/m1/s1. The predicted molar refractivity (Wildman–Crippen MR) is 34.0 cm³/mol. The molecule has 1 rings (SSSR count). The van der Waals surface area contributed by atoms with Crippen molar-refractivity contribution in [2.75, 3.05) is 0 Å². The molecule has 9 heavy (non-hydrogen) atoms. The summed E-state index contributed by atoms with van der Waals surface area (Å²) in [4.78, 5) is 10.7. The van der Waals surface area contributed by atoms with Crippen molar-refractivity contribution in [3.8, 4) is 0 Å². The average molecular weight is 128 g/mol. The Hall–Kier alpha value is -0.370. The van der Waals surface area contributed by atoms with Gasteiger partial charge in [0, 0.05) is 5.92 Å². The van der Waals surface area contributed by atoms with Gasteiger partial charge < -0.3 is 5.11 Å². The molecule has 0 aromatic rings. The van der Waals surface area contributed by atoms with Crippen molar-refractivity contribution in [1.29, 1.82) is 0 Å². The van der Waals surface area contributed by atoms with Crippen LogP contribution in [-0.4, -0.2) is 17.0 Å². The molecule has 0 aromatic carbocycles. The molecule has 52 valence electrons. The first-order valence-corrected chi connectivity index (χ1v) is 3.38. The Bertz CT molecular complexity index is 120. The fourth-order valence-electron chi connectivity index (χ4n) is 1.33. The van der Waals surface area contributed by atoms with Crippen LogP contribution < -0.4 is 0 Å². The summed E-state index contributed by atoms with van der Waals surface area (Å²) in [7, 11) is 0. The van der Waals surface area contributed by atoms with Crippen LogP contribution in [0.2, 0.25) is 0 Å². The number of rotatable bonds is 1. The van der Waals surface area contributed by atoms with Gasteiger partial charge in [-0.15, -0.1) is 0 Å². The van der Waals surface area contributed by atoms with E-state index in [1.807, 2.05) is 0 Å². The van der Waals surface area contributed by atoms with Gasteiger partial charge in [0.2, 0.25) is 0 Å². The minimum atomic E-state index is -0.209. The Morgan fingerprint density at radius 3 is 2.44 bits per heavy atom. The summed E-state index contributed by atoms with van der Waals surface area (Å²) < 4.78 is 0. The number of hydrogen-bond donors (Lipinski definition) is 1. The van der Waals surface area contributed by atoms with Gasteiger partial charge in [-0.25, -0.2) is 0 Å². The monoisotopic (exact) mass is 128 g/mol. The van der Waals surface area contributed by atoms with Crippen LogP contribution in [0.15, 0.2) is 0 Å². The first-order valence-electron chi connectivity index (χ1n) is 3.38. The molecule has 1 fully saturated rings. The zero-order valence-electron chi connectivity index (χ0n) is 5.63. The highest BCUT2D eigenvalue weighted by molar-refractivity contribution is 5.78. The highest BCUT2D eigenvalue weighted by Gasteiger charge is 2.25. The van der Waals surface area contributed by atoms with Crippen LogP contribution >= 0.6 is 0 Å². The number of ketones is 1. The SMILES string of the molecule is CC(=O)C1CC[C@@H](O)C1. The Labute approximate surface area is 54.9 Å². The smallest absolute Gasteiger partial charge is 0.133 e. The van der Waals surface area contributed by atoms with Crippen molar-refractivity contribution in [3.05, 3.63) is 0 Å². The van der Waals surface area contributed by atoms with Crippen molar-refractivity contribution >= 4 is 5.78 Å². The minimum Gasteiger partial charge on any atom is -0.393 e. The second-order valence-electron chi connectivity index (χ2n) is 2.77. The van der Waals surface area contributed by atoms with E-state index in [9.17, 15) is 4.79 Å². The van der Waals surface area contributed by atoms with Crippen LogP contribution in [0, 0.1) is 5.92 Å². The molecule has 1 saturated carbocycles. The van der Waals surface area contributed by atoms with E-state index in [0.29, 0.717) is 6.42 Å². The molecule has 1 aliphatic carbocycles. The quantitative estimate of drug-likeness (QED) is 0.565. The third kappa shape index (κ3) is 1.52. The molecule has 1 unspecified atom stereocenters. The van der Waals surface area contributed by atoms with E-state index in [-0.39, 0.29) is 17.8 Å². The molecule has 1 N–H and O–H groups in total. The lowest BCUT2D eigenvalue weighted by atomic mass is 10.0. The molecule has 0 radical (unpaired) electrons. The van der Waals surface area contributed by atoms with Crippen LogP contribution in [0.1, 0.15) is 26.2 Å². The van der Waals surface area contributed by atoms with Crippen molar-refractivity contribution in [2.24, 2.45) is 5.92 Å². The maximum Gasteiger partial charge on any atom is 0.133 e. The topological polar surface area (TPSA) is 37.3 Å². The number of Topliss-reactive ketones (excluding diaryl/α,β-unsaturated/α-hetero) is 1.